The molecule has 15 nitrogen and oxygen atoms in total. The number of rotatable bonds is 9. The van der Waals surface area contributed by atoms with Gasteiger partial charge in [-0.1, -0.05) is 44.9 Å². The molecule has 5 fully saturated rings. The lowest BCUT2D eigenvalue weighted by Crippen LogP contribution is -2.60. The molecule has 8 atom stereocenters. The maximum absolute atomic E-state index is 14.8. The first kappa shape index (κ1) is 43.7. The van der Waals surface area contributed by atoms with E-state index in [1.165, 1.54) is 13.1 Å². The monoisotopic (exact) mass is 865 g/mol. The van der Waals surface area contributed by atoms with Gasteiger partial charge >= 0.3 is 12.3 Å². The first-order chi connectivity index (χ1) is 28.0. The van der Waals surface area contributed by atoms with E-state index < -0.39 is 92.0 Å². The van der Waals surface area contributed by atoms with Gasteiger partial charge in [0.2, 0.25) is 33.3 Å². The SMILES string of the molecule is C[C@@H]1CCC[C@H](O)[C@@H]2C[C@@]2(C(=O)NS(=O)(=O)C2(C)CC2)NC(=O)[C@@H]2C[C@@H](Oc3ncc(OC4CC4)c4ccccc34)CN2C(=O)[C@@H](NC(=O)OC(C)(C)C(F)(F)F)[C@H](C)C1. The number of hydrogen-bond acceptors (Lipinski definition) is 11. The molecule has 7 rings (SSSR count). The van der Waals surface area contributed by atoms with Crippen molar-refractivity contribution in [2.24, 2.45) is 17.8 Å². The second-order valence-corrected chi connectivity index (χ2v) is 20.5. The number of ether oxygens (including phenoxy) is 3. The summed E-state index contributed by atoms with van der Waals surface area (Å²) in [5, 5.41) is 17.8. The summed E-state index contributed by atoms with van der Waals surface area (Å²) in [5.41, 5.74) is -4.73. The molecule has 5 aliphatic rings. The van der Waals surface area contributed by atoms with Gasteiger partial charge in [-0.25, -0.2) is 18.2 Å². The van der Waals surface area contributed by atoms with Crippen molar-refractivity contribution in [3.8, 4) is 11.6 Å². The Hall–Kier alpha value is -4.39. The molecule has 1 aromatic carbocycles. The highest BCUT2D eigenvalue weighted by Gasteiger charge is 2.66. The lowest BCUT2D eigenvalue weighted by atomic mass is 9.87. The van der Waals surface area contributed by atoms with Crippen LogP contribution in [-0.4, -0.2) is 106 Å². The zero-order chi connectivity index (χ0) is 43.6. The second-order valence-electron chi connectivity index (χ2n) is 18.3. The molecule has 2 aromatic rings. The van der Waals surface area contributed by atoms with E-state index in [1.54, 1.807) is 19.1 Å². The van der Waals surface area contributed by atoms with E-state index in [0.29, 0.717) is 57.1 Å². The fourth-order valence-corrected chi connectivity index (χ4v) is 9.67. The van der Waals surface area contributed by atoms with Crippen LogP contribution in [0.5, 0.6) is 11.6 Å². The molecule has 60 heavy (non-hydrogen) atoms. The van der Waals surface area contributed by atoms with Crippen LogP contribution in [0, 0.1) is 17.8 Å². The molecular formula is C41H54F3N5O10S. The van der Waals surface area contributed by atoms with Crippen molar-refractivity contribution in [1.82, 2.24) is 25.2 Å². The Morgan fingerprint density at radius 1 is 1.00 bits per heavy atom. The fourth-order valence-electron chi connectivity index (χ4n) is 8.36. The van der Waals surface area contributed by atoms with Crippen LogP contribution in [0.25, 0.3) is 10.8 Å². The summed E-state index contributed by atoms with van der Waals surface area (Å²) in [6, 6.07) is 4.42. The number of hydrogen-bond donors (Lipinski definition) is 4. The second kappa shape index (κ2) is 15.8. The number of fused-ring (bicyclic) bond motifs is 3. The van der Waals surface area contributed by atoms with Crippen LogP contribution in [0.1, 0.15) is 98.8 Å². The predicted molar refractivity (Wildman–Crippen MR) is 210 cm³/mol. The number of carbonyl (C=O) groups excluding carboxylic acids is 4. The molecule has 3 saturated carbocycles. The van der Waals surface area contributed by atoms with E-state index in [1.807, 2.05) is 19.1 Å². The topological polar surface area (TPSA) is 203 Å². The van der Waals surface area contributed by atoms with Gasteiger partial charge in [0.05, 0.1) is 29.7 Å². The summed E-state index contributed by atoms with van der Waals surface area (Å²) in [4.78, 5) is 62.3. The zero-order valence-electron chi connectivity index (χ0n) is 34.3. The third kappa shape index (κ3) is 8.83. The van der Waals surface area contributed by atoms with Crippen molar-refractivity contribution < 1.29 is 60.1 Å². The number of aromatic nitrogens is 1. The Labute approximate surface area is 346 Å². The van der Waals surface area contributed by atoms with Crippen LogP contribution in [0.4, 0.5) is 18.0 Å². The van der Waals surface area contributed by atoms with Crippen LogP contribution >= 0.6 is 0 Å². The van der Waals surface area contributed by atoms with Crippen molar-refractivity contribution in [3.05, 3.63) is 30.5 Å². The smallest absolute Gasteiger partial charge is 0.427 e. The summed E-state index contributed by atoms with van der Waals surface area (Å²) in [6.07, 6.45) is -2.95. The lowest BCUT2D eigenvalue weighted by molar-refractivity contribution is -0.244. The molecule has 2 saturated heterocycles. The van der Waals surface area contributed by atoms with Crippen molar-refractivity contribution in [3.63, 3.8) is 0 Å². The van der Waals surface area contributed by atoms with Crippen molar-refractivity contribution in [2.75, 3.05) is 6.54 Å². The Balaban J connectivity index is 1.23. The van der Waals surface area contributed by atoms with Gasteiger partial charge in [0, 0.05) is 23.1 Å². The third-order valence-corrected chi connectivity index (χ3v) is 15.0. The van der Waals surface area contributed by atoms with Crippen LogP contribution in [-0.2, 0) is 29.1 Å². The van der Waals surface area contributed by atoms with Crippen LogP contribution in [0.2, 0.25) is 0 Å². The van der Waals surface area contributed by atoms with Gasteiger partial charge in [0.25, 0.3) is 5.91 Å². The van der Waals surface area contributed by atoms with Gasteiger partial charge in [0.15, 0.2) is 0 Å². The summed E-state index contributed by atoms with van der Waals surface area (Å²) in [6.45, 7) is 6.20. The van der Waals surface area contributed by atoms with Gasteiger partial charge in [-0.3, -0.25) is 19.1 Å². The van der Waals surface area contributed by atoms with Gasteiger partial charge in [-0.15, -0.1) is 0 Å². The van der Waals surface area contributed by atoms with Crippen LogP contribution < -0.4 is 24.8 Å². The number of alkyl halides is 3. The first-order valence-corrected chi connectivity index (χ1v) is 22.2. The number of nitrogens with zero attached hydrogens (tertiary/aromatic N) is 2. The number of benzene rings is 1. The Morgan fingerprint density at radius 2 is 1.68 bits per heavy atom. The number of aliphatic hydroxyl groups excluding tert-OH is 1. The molecule has 3 aliphatic carbocycles. The molecule has 0 unspecified atom stereocenters. The highest BCUT2D eigenvalue weighted by molar-refractivity contribution is 7.91. The summed E-state index contributed by atoms with van der Waals surface area (Å²) < 4.78 is 86.1. The molecule has 1 aromatic heterocycles. The van der Waals surface area contributed by atoms with E-state index >= 15 is 0 Å². The number of nitrogens with one attached hydrogen (secondary N) is 3. The van der Waals surface area contributed by atoms with Crippen LogP contribution in [0.15, 0.2) is 30.5 Å². The number of pyridine rings is 1. The van der Waals surface area contributed by atoms with Gasteiger partial charge < -0.3 is 34.9 Å². The number of alkyl carbamates (subject to hydrolysis) is 1. The van der Waals surface area contributed by atoms with E-state index in [0.717, 1.165) is 23.1 Å². The van der Waals surface area contributed by atoms with E-state index in [2.05, 4.69) is 20.3 Å². The highest BCUT2D eigenvalue weighted by Crippen LogP contribution is 2.49. The fraction of sp³-hybridized carbons (Fsp3) is 0.683. The number of amides is 4. The van der Waals surface area contributed by atoms with E-state index in [-0.39, 0.29) is 43.7 Å². The van der Waals surface area contributed by atoms with Gasteiger partial charge in [0.1, 0.15) is 29.5 Å². The third-order valence-electron chi connectivity index (χ3n) is 12.8. The van der Waals surface area contributed by atoms with Crippen molar-refractivity contribution >= 4 is 44.6 Å². The first-order valence-electron chi connectivity index (χ1n) is 20.7. The molecule has 2 aliphatic heterocycles. The minimum absolute atomic E-state index is 0.0681. The largest absolute Gasteiger partial charge is 0.488 e. The number of sulfonamides is 1. The molecule has 0 radical (unpaired) electrons. The Bertz CT molecular complexity index is 2130. The lowest BCUT2D eigenvalue weighted by Gasteiger charge is -2.34. The van der Waals surface area contributed by atoms with Crippen molar-refractivity contribution in [1.29, 1.82) is 0 Å². The summed E-state index contributed by atoms with van der Waals surface area (Å²) >= 11 is 0. The molecule has 4 N–H and O–H groups in total. The Kier molecular flexibility index (Phi) is 11.5. The molecule has 19 heteroatoms. The number of carbonyl (C=O) groups is 4. The normalized spacial score (nSPS) is 31.1. The quantitative estimate of drug-likeness (QED) is 0.274. The standard InChI is InChI=1S/C41H54F3N5O10S/c1-22-9-8-12-30(50)28-19-40(28,36(53)48-60(55,56)39(5)15-16-39)47-33(51)29-18-25(58-34-27-11-7-6-10-26(27)31(20-45-34)57-24-13-14-24)21-49(29)35(52)32(23(2)17-22)46-37(54)59-38(3,4)41(42,43)44/h6-7,10-11,20,22-25,28-30,32,50H,8-9,12-19,21H2,1-5H3,(H,46,54)(H,47,51)(H,48,53)/t22-,23-,25-,28+,29+,30+,32+,40-/m1/s1. The summed E-state index contributed by atoms with van der Waals surface area (Å²) in [7, 11) is -4.15. The minimum Gasteiger partial charge on any atom is -0.488 e. The minimum atomic E-state index is -4.93. The Morgan fingerprint density at radius 3 is 2.33 bits per heavy atom. The molecule has 0 spiro atoms. The maximum atomic E-state index is 14.8. The average Bonchev–Trinajstić information content (AvgIpc) is 4.11. The van der Waals surface area contributed by atoms with Gasteiger partial charge in [-0.2, -0.15) is 13.2 Å². The zero-order valence-corrected chi connectivity index (χ0v) is 35.2. The summed E-state index contributed by atoms with van der Waals surface area (Å²) in [5.74, 6) is -3.54. The highest BCUT2D eigenvalue weighted by atomic mass is 32.2. The molecule has 4 amide bonds. The molecule has 330 valence electrons. The molecule has 0 bridgehead atoms. The number of aliphatic hydroxyl groups is 1. The van der Waals surface area contributed by atoms with Crippen LogP contribution in [0.3, 0.4) is 0 Å². The molecular weight excluding hydrogens is 812 g/mol. The average molecular weight is 866 g/mol. The van der Waals surface area contributed by atoms with E-state index in [9.17, 15) is 45.9 Å². The van der Waals surface area contributed by atoms with Gasteiger partial charge in [-0.05, 0) is 83.6 Å². The van der Waals surface area contributed by atoms with E-state index in [4.69, 9.17) is 14.2 Å². The van der Waals surface area contributed by atoms with Crippen molar-refractivity contribution in [2.45, 2.75) is 151 Å². The number of halogens is 3. The molecule has 3 heterocycles. The maximum Gasteiger partial charge on any atom is 0.427 e. The predicted octanol–water partition coefficient (Wildman–Crippen LogP) is 4.64.